The Balaban J connectivity index is 2.19. The first-order valence-electron chi connectivity index (χ1n) is 6.35. The number of thiocarbonyl (C=S) groups is 1. The summed E-state index contributed by atoms with van der Waals surface area (Å²) in [6, 6.07) is 5.32. The lowest BCUT2D eigenvalue weighted by Crippen LogP contribution is -2.40. The van der Waals surface area contributed by atoms with Crippen molar-refractivity contribution in [3.05, 3.63) is 23.8 Å². The molecule has 1 aromatic carbocycles. The number of methoxy groups -OCH3 is 1. The van der Waals surface area contributed by atoms with Crippen molar-refractivity contribution >= 4 is 23.2 Å². The topological polar surface area (TPSA) is 48.0 Å². The van der Waals surface area contributed by atoms with E-state index < -0.39 is 0 Å². The lowest BCUT2D eigenvalue weighted by Gasteiger charge is -2.29. The Bertz CT molecular complexity index is 512. The standard InChI is InChI=1S/C14H17NO4S/c1-10(16)19-12-4-3-11(9-13(12)17-2)14(20)15-5-7-18-8-6-15/h3-4,9H,5-8H2,1-2H3. The van der Waals surface area contributed by atoms with E-state index in [1.165, 1.54) is 14.0 Å². The Labute approximate surface area is 123 Å². The number of hydrogen-bond donors (Lipinski definition) is 0. The summed E-state index contributed by atoms with van der Waals surface area (Å²) in [4.78, 5) is 13.9. The first-order valence-corrected chi connectivity index (χ1v) is 6.76. The fourth-order valence-electron chi connectivity index (χ4n) is 1.99. The average molecular weight is 295 g/mol. The molecule has 1 aliphatic rings. The molecule has 1 fully saturated rings. The lowest BCUT2D eigenvalue weighted by atomic mass is 10.1. The fraction of sp³-hybridized carbons (Fsp3) is 0.429. The summed E-state index contributed by atoms with van der Waals surface area (Å²) < 4.78 is 15.6. The summed E-state index contributed by atoms with van der Waals surface area (Å²) in [5.74, 6) is 0.508. The second kappa shape index (κ2) is 6.67. The molecule has 5 nitrogen and oxygen atoms in total. The molecule has 0 aromatic heterocycles. The fourth-order valence-corrected chi connectivity index (χ4v) is 2.30. The van der Waals surface area contributed by atoms with Gasteiger partial charge in [0.1, 0.15) is 4.99 Å². The highest BCUT2D eigenvalue weighted by atomic mass is 32.1. The maximum Gasteiger partial charge on any atom is 0.308 e. The van der Waals surface area contributed by atoms with Gasteiger partial charge < -0.3 is 19.1 Å². The van der Waals surface area contributed by atoms with Gasteiger partial charge >= 0.3 is 5.97 Å². The van der Waals surface area contributed by atoms with E-state index in [4.69, 9.17) is 26.4 Å². The lowest BCUT2D eigenvalue weighted by molar-refractivity contribution is -0.132. The Kier molecular flexibility index (Phi) is 4.92. The van der Waals surface area contributed by atoms with Crippen LogP contribution in [0.25, 0.3) is 0 Å². The predicted octanol–water partition coefficient (Wildman–Crippen LogP) is 1.63. The highest BCUT2D eigenvalue weighted by molar-refractivity contribution is 7.80. The van der Waals surface area contributed by atoms with E-state index in [0.717, 1.165) is 23.6 Å². The molecule has 1 aromatic rings. The molecular weight excluding hydrogens is 278 g/mol. The van der Waals surface area contributed by atoms with E-state index >= 15 is 0 Å². The van der Waals surface area contributed by atoms with Crippen molar-refractivity contribution in [1.82, 2.24) is 4.90 Å². The zero-order valence-corrected chi connectivity index (χ0v) is 12.4. The Morgan fingerprint density at radius 2 is 2.00 bits per heavy atom. The number of carbonyl (C=O) groups excluding carboxylic acids is 1. The normalized spacial score (nSPS) is 14.8. The third-order valence-electron chi connectivity index (χ3n) is 2.96. The molecule has 0 aliphatic carbocycles. The van der Waals surface area contributed by atoms with Crippen LogP contribution in [0.4, 0.5) is 0 Å². The number of esters is 1. The molecule has 0 bridgehead atoms. The van der Waals surface area contributed by atoms with E-state index in [-0.39, 0.29) is 5.97 Å². The molecule has 2 rings (SSSR count). The molecule has 0 radical (unpaired) electrons. The quantitative estimate of drug-likeness (QED) is 0.480. The number of morpholine rings is 1. The Hall–Kier alpha value is -1.66. The predicted molar refractivity (Wildman–Crippen MR) is 78.4 cm³/mol. The first-order chi connectivity index (χ1) is 9.61. The third kappa shape index (κ3) is 3.46. The van der Waals surface area contributed by atoms with Crippen LogP contribution < -0.4 is 9.47 Å². The summed E-state index contributed by atoms with van der Waals surface area (Å²) in [6.45, 7) is 4.29. The SMILES string of the molecule is COc1cc(C(=S)N2CCOCC2)ccc1OC(C)=O. The molecule has 108 valence electrons. The van der Waals surface area contributed by atoms with Gasteiger partial charge in [-0.3, -0.25) is 4.79 Å². The van der Waals surface area contributed by atoms with Crippen molar-refractivity contribution in [3.8, 4) is 11.5 Å². The van der Waals surface area contributed by atoms with E-state index in [2.05, 4.69) is 4.90 Å². The molecule has 1 aliphatic heterocycles. The van der Waals surface area contributed by atoms with E-state index in [9.17, 15) is 4.79 Å². The largest absolute Gasteiger partial charge is 0.493 e. The van der Waals surface area contributed by atoms with Crippen LogP contribution in [0.5, 0.6) is 11.5 Å². The average Bonchev–Trinajstić information content (AvgIpc) is 2.47. The minimum Gasteiger partial charge on any atom is -0.493 e. The number of nitrogens with zero attached hydrogens (tertiary/aromatic N) is 1. The van der Waals surface area contributed by atoms with E-state index in [1.54, 1.807) is 12.1 Å². The Morgan fingerprint density at radius 3 is 2.60 bits per heavy atom. The van der Waals surface area contributed by atoms with Crippen LogP contribution in [-0.4, -0.2) is 49.3 Å². The van der Waals surface area contributed by atoms with Crippen LogP contribution in [0, 0.1) is 0 Å². The molecule has 6 heteroatoms. The van der Waals surface area contributed by atoms with Gasteiger partial charge in [-0.1, -0.05) is 12.2 Å². The molecule has 1 saturated heterocycles. The Morgan fingerprint density at radius 1 is 1.30 bits per heavy atom. The van der Waals surface area contributed by atoms with Crippen LogP contribution in [0.3, 0.4) is 0 Å². The summed E-state index contributed by atoms with van der Waals surface area (Å²) in [6.07, 6.45) is 0. The monoisotopic (exact) mass is 295 g/mol. The highest BCUT2D eigenvalue weighted by Gasteiger charge is 2.17. The van der Waals surface area contributed by atoms with Crippen LogP contribution in [0.2, 0.25) is 0 Å². The molecule has 1 heterocycles. The number of carbonyl (C=O) groups is 1. The zero-order valence-electron chi connectivity index (χ0n) is 11.5. The van der Waals surface area contributed by atoms with Gasteiger partial charge in [-0.25, -0.2) is 0 Å². The van der Waals surface area contributed by atoms with Gasteiger partial charge in [-0.2, -0.15) is 0 Å². The highest BCUT2D eigenvalue weighted by Crippen LogP contribution is 2.29. The van der Waals surface area contributed by atoms with Crippen LogP contribution in [0.1, 0.15) is 12.5 Å². The summed E-state index contributed by atoms with van der Waals surface area (Å²) >= 11 is 5.49. The minimum absolute atomic E-state index is 0.383. The van der Waals surface area contributed by atoms with E-state index in [1.807, 2.05) is 6.07 Å². The molecule has 0 amide bonds. The van der Waals surface area contributed by atoms with Crippen LogP contribution in [-0.2, 0) is 9.53 Å². The first kappa shape index (κ1) is 14.7. The van der Waals surface area contributed by atoms with Crippen molar-refractivity contribution in [2.24, 2.45) is 0 Å². The van der Waals surface area contributed by atoms with Crippen molar-refractivity contribution in [2.45, 2.75) is 6.92 Å². The van der Waals surface area contributed by atoms with Crippen LogP contribution >= 0.6 is 12.2 Å². The van der Waals surface area contributed by atoms with Crippen molar-refractivity contribution in [1.29, 1.82) is 0 Å². The zero-order chi connectivity index (χ0) is 14.5. The van der Waals surface area contributed by atoms with Gasteiger partial charge in [-0.05, 0) is 18.2 Å². The van der Waals surface area contributed by atoms with Gasteiger partial charge in [0, 0.05) is 25.6 Å². The minimum atomic E-state index is -0.383. The maximum atomic E-state index is 11.0. The van der Waals surface area contributed by atoms with Gasteiger partial charge in [0.25, 0.3) is 0 Å². The second-order valence-corrected chi connectivity index (χ2v) is 4.75. The van der Waals surface area contributed by atoms with Crippen LogP contribution in [0.15, 0.2) is 18.2 Å². The van der Waals surface area contributed by atoms with Gasteiger partial charge in [0.2, 0.25) is 0 Å². The van der Waals surface area contributed by atoms with Gasteiger partial charge in [0.05, 0.1) is 20.3 Å². The smallest absolute Gasteiger partial charge is 0.308 e. The summed E-state index contributed by atoms with van der Waals surface area (Å²) in [7, 11) is 1.53. The van der Waals surface area contributed by atoms with E-state index in [0.29, 0.717) is 24.7 Å². The van der Waals surface area contributed by atoms with Gasteiger partial charge in [-0.15, -0.1) is 0 Å². The van der Waals surface area contributed by atoms with Crippen molar-refractivity contribution in [2.75, 3.05) is 33.4 Å². The number of benzene rings is 1. The molecular formula is C14H17NO4S. The maximum absolute atomic E-state index is 11.0. The molecule has 0 atom stereocenters. The molecule has 0 spiro atoms. The molecule has 0 N–H and O–H groups in total. The van der Waals surface area contributed by atoms with Crippen molar-refractivity contribution in [3.63, 3.8) is 0 Å². The second-order valence-electron chi connectivity index (χ2n) is 4.36. The molecule has 0 unspecified atom stereocenters. The number of ether oxygens (including phenoxy) is 3. The number of rotatable bonds is 3. The molecule has 20 heavy (non-hydrogen) atoms. The third-order valence-corrected chi connectivity index (χ3v) is 3.46. The van der Waals surface area contributed by atoms with Crippen molar-refractivity contribution < 1.29 is 19.0 Å². The summed E-state index contributed by atoms with van der Waals surface area (Å²) in [5.41, 5.74) is 0.870. The summed E-state index contributed by atoms with van der Waals surface area (Å²) in [5, 5.41) is 0. The number of hydrogen-bond acceptors (Lipinski definition) is 5. The molecule has 0 saturated carbocycles. The van der Waals surface area contributed by atoms with Gasteiger partial charge in [0.15, 0.2) is 11.5 Å².